The Morgan fingerprint density at radius 2 is 1.76 bits per heavy atom. The van der Waals surface area contributed by atoms with Gasteiger partial charge in [0.15, 0.2) is 17.3 Å². The lowest BCUT2D eigenvalue weighted by atomic mass is 10.2. The summed E-state index contributed by atoms with van der Waals surface area (Å²) < 4.78 is 16.1. The van der Waals surface area contributed by atoms with Crippen molar-refractivity contribution in [2.24, 2.45) is 0 Å². The zero-order chi connectivity index (χ0) is 23.2. The number of thiophene rings is 1. The predicted molar refractivity (Wildman–Crippen MR) is 132 cm³/mol. The highest BCUT2D eigenvalue weighted by atomic mass is 32.2. The number of thioether (sulfide) groups is 1. The number of rotatable bonds is 9. The first-order valence-corrected chi connectivity index (χ1v) is 12.0. The second-order valence-corrected chi connectivity index (χ2v) is 8.86. The average molecular weight is 482 g/mol. The Morgan fingerprint density at radius 1 is 1.00 bits per heavy atom. The normalized spacial score (nSPS) is 10.8. The Morgan fingerprint density at radius 3 is 2.42 bits per heavy atom. The van der Waals surface area contributed by atoms with Gasteiger partial charge >= 0.3 is 0 Å². The van der Waals surface area contributed by atoms with Crippen molar-refractivity contribution >= 4 is 39.9 Å². The average Bonchev–Trinajstić information content (AvgIpc) is 3.40. The summed E-state index contributed by atoms with van der Waals surface area (Å²) in [6, 6.07) is 15.4. The van der Waals surface area contributed by atoms with Crippen LogP contribution in [0, 0.1) is 0 Å². The van der Waals surface area contributed by atoms with Gasteiger partial charge in [0, 0.05) is 11.9 Å². The summed E-state index contributed by atoms with van der Waals surface area (Å²) in [4.78, 5) is 23.0. The zero-order valence-electron chi connectivity index (χ0n) is 18.5. The van der Waals surface area contributed by atoms with Gasteiger partial charge < -0.3 is 19.5 Å². The maximum absolute atomic E-state index is 12.6. The molecule has 170 valence electrons. The van der Waals surface area contributed by atoms with Crippen LogP contribution in [0.5, 0.6) is 17.2 Å². The first-order valence-electron chi connectivity index (χ1n) is 10.1. The summed E-state index contributed by atoms with van der Waals surface area (Å²) in [6.45, 7) is 0.334. The van der Waals surface area contributed by atoms with Crippen LogP contribution < -0.4 is 19.5 Å². The van der Waals surface area contributed by atoms with Crippen molar-refractivity contribution in [2.45, 2.75) is 11.6 Å². The number of carbonyl (C=O) groups is 1. The van der Waals surface area contributed by atoms with Crippen LogP contribution in [0.25, 0.3) is 21.6 Å². The molecule has 4 rings (SSSR count). The van der Waals surface area contributed by atoms with E-state index in [2.05, 4.69) is 10.3 Å². The maximum Gasteiger partial charge on any atom is 0.230 e. The van der Waals surface area contributed by atoms with Gasteiger partial charge in [-0.3, -0.25) is 4.79 Å². The molecule has 1 amide bonds. The summed E-state index contributed by atoms with van der Waals surface area (Å²) in [5, 5.41) is 6.66. The van der Waals surface area contributed by atoms with Crippen molar-refractivity contribution in [3.63, 3.8) is 0 Å². The fourth-order valence-corrected chi connectivity index (χ4v) is 4.80. The van der Waals surface area contributed by atoms with Crippen molar-refractivity contribution in [3.8, 4) is 28.0 Å². The molecule has 0 fully saturated rings. The number of nitrogens with one attached hydrogen (secondary N) is 1. The van der Waals surface area contributed by atoms with Crippen LogP contribution in [-0.4, -0.2) is 43.0 Å². The highest BCUT2D eigenvalue weighted by Gasteiger charge is 2.15. The number of ether oxygens (including phenoxy) is 3. The molecule has 0 aliphatic carbocycles. The van der Waals surface area contributed by atoms with Crippen molar-refractivity contribution in [1.29, 1.82) is 0 Å². The first-order chi connectivity index (χ1) is 16.1. The molecule has 0 atom stereocenters. The fraction of sp³-hybridized carbons (Fsp3) is 0.208. The third-order valence-electron chi connectivity index (χ3n) is 4.86. The fourth-order valence-electron chi connectivity index (χ4n) is 3.30. The Labute approximate surface area is 200 Å². The Balaban J connectivity index is 1.46. The molecule has 0 saturated heterocycles. The van der Waals surface area contributed by atoms with E-state index in [0.717, 1.165) is 26.4 Å². The van der Waals surface area contributed by atoms with E-state index < -0.39 is 0 Å². The number of methoxy groups -OCH3 is 3. The first kappa shape index (κ1) is 22.9. The van der Waals surface area contributed by atoms with Gasteiger partial charge in [-0.2, -0.15) is 0 Å². The molecule has 0 aliphatic heterocycles. The predicted octanol–water partition coefficient (Wildman–Crippen LogP) is 4.79. The number of nitrogens with zero attached hydrogens (tertiary/aromatic N) is 2. The van der Waals surface area contributed by atoms with Gasteiger partial charge in [0.2, 0.25) is 11.7 Å². The van der Waals surface area contributed by atoms with E-state index in [1.807, 2.05) is 53.9 Å². The lowest BCUT2D eigenvalue weighted by molar-refractivity contribution is -0.118. The molecule has 0 bridgehead atoms. The SMILES string of the molecule is COc1cc(CNC(=O)CSc2nc(-c3cccs3)nc3ccccc23)cc(OC)c1OC. The van der Waals surface area contributed by atoms with Gasteiger partial charge in [-0.05, 0) is 35.2 Å². The summed E-state index contributed by atoms with van der Waals surface area (Å²) >= 11 is 2.99. The second-order valence-electron chi connectivity index (χ2n) is 6.95. The van der Waals surface area contributed by atoms with Crippen LogP contribution in [-0.2, 0) is 11.3 Å². The minimum Gasteiger partial charge on any atom is -0.493 e. The smallest absolute Gasteiger partial charge is 0.230 e. The topological polar surface area (TPSA) is 82.6 Å². The highest BCUT2D eigenvalue weighted by molar-refractivity contribution is 8.00. The Kier molecular flexibility index (Phi) is 7.31. The molecular formula is C24H23N3O4S2. The van der Waals surface area contributed by atoms with Crippen molar-refractivity contribution in [1.82, 2.24) is 15.3 Å². The number of para-hydroxylation sites is 1. The molecule has 0 unspecified atom stereocenters. The van der Waals surface area contributed by atoms with Gasteiger partial charge in [-0.25, -0.2) is 9.97 Å². The minimum atomic E-state index is -0.103. The quantitative estimate of drug-likeness (QED) is 0.272. The largest absolute Gasteiger partial charge is 0.493 e. The van der Waals surface area contributed by atoms with Gasteiger partial charge in [0.25, 0.3) is 0 Å². The standard InChI is InChI=1S/C24H23N3O4S2/c1-29-18-11-15(12-19(30-2)22(18)31-3)13-25-21(28)14-33-24-16-7-4-5-8-17(16)26-23(27-24)20-9-6-10-32-20/h4-12H,13-14H2,1-3H3,(H,25,28). The lowest BCUT2D eigenvalue weighted by Gasteiger charge is -2.14. The molecule has 7 nitrogen and oxygen atoms in total. The van der Waals surface area contributed by atoms with E-state index in [1.165, 1.54) is 11.8 Å². The summed E-state index contributed by atoms with van der Waals surface area (Å²) in [5.41, 5.74) is 1.70. The van der Waals surface area contributed by atoms with E-state index in [9.17, 15) is 4.79 Å². The number of benzene rings is 2. The molecule has 9 heteroatoms. The minimum absolute atomic E-state index is 0.103. The van der Waals surface area contributed by atoms with Gasteiger partial charge in [-0.1, -0.05) is 36.0 Å². The van der Waals surface area contributed by atoms with E-state index in [0.29, 0.717) is 29.6 Å². The third kappa shape index (κ3) is 5.20. The van der Waals surface area contributed by atoms with Gasteiger partial charge in [0.1, 0.15) is 5.03 Å². The monoisotopic (exact) mass is 481 g/mol. The van der Waals surface area contributed by atoms with E-state index in [-0.39, 0.29) is 11.7 Å². The van der Waals surface area contributed by atoms with Crippen molar-refractivity contribution in [3.05, 3.63) is 59.5 Å². The molecule has 2 aromatic carbocycles. The van der Waals surface area contributed by atoms with Crippen LogP contribution in [0.3, 0.4) is 0 Å². The number of aromatic nitrogens is 2. The summed E-state index contributed by atoms with van der Waals surface area (Å²) in [5.74, 6) is 2.41. The number of amides is 1. The molecule has 0 radical (unpaired) electrons. The second kappa shape index (κ2) is 10.5. The number of fused-ring (bicyclic) bond motifs is 1. The molecule has 4 aromatic rings. The van der Waals surface area contributed by atoms with Crippen LogP contribution in [0.1, 0.15) is 5.56 Å². The van der Waals surface area contributed by atoms with Crippen LogP contribution in [0.2, 0.25) is 0 Å². The Bertz CT molecular complexity index is 1240. The van der Waals surface area contributed by atoms with Gasteiger partial charge in [0.05, 0.1) is 37.5 Å². The maximum atomic E-state index is 12.6. The molecular weight excluding hydrogens is 458 g/mol. The Hall–Kier alpha value is -3.30. The van der Waals surface area contributed by atoms with E-state index >= 15 is 0 Å². The van der Waals surface area contributed by atoms with E-state index in [1.54, 1.807) is 32.7 Å². The van der Waals surface area contributed by atoms with Gasteiger partial charge in [-0.15, -0.1) is 11.3 Å². The molecule has 33 heavy (non-hydrogen) atoms. The van der Waals surface area contributed by atoms with E-state index in [4.69, 9.17) is 19.2 Å². The van der Waals surface area contributed by atoms with Crippen molar-refractivity contribution < 1.29 is 19.0 Å². The highest BCUT2D eigenvalue weighted by Crippen LogP contribution is 2.38. The molecule has 0 spiro atoms. The van der Waals surface area contributed by atoms with Crippen LogP contribution >= 0.6 is 23.1 Å². The number of hydrogen-bond acceptors (Lipinski definition) is 8. The lowest BCUT2D eigenvalue weighted by Crippen LogP contribution is -2.24. The molecule has 0 aliphatic rings. The molecule has 2 heterocycles. The third-order valence-corrected chi connectivity index (χ3v) is 6.72. The molecule has 1 N–H and O–H groups in total. The molecule has 0 saturated carbocycles. The van der Waals surface area contributed by atoms with Crippen LogP contribution in [0.15, 0.2) is 58.9 Å². The summed E-state index contributed by atoms with van der Waals surface area (Å²) in [6.07, 6.45) is 0. The van der Waals surface area contributed by atoms with Crippen molar-refractivity contribution in [2.75, 3.05) is 27.1 Å². The molecule has 2 aromatic heterocycles. The summed E-state index contributed by atoms with van der Waals surface area (Å²) in [7, 11) is 4.68. The zero-order valence-corrected chi connectivity index (χ0v) is 20.1. The number of carbonyl (C=O) groups excluding carboxylic acids is 1. The van der Waals surface area contributed by atoms with Crippen LogP contribution in [0.4, 0.5) is 0 Å². The number of hydrogen-bond donors (Lipinski definition) is 1.